The van der Waals surface area contributed by atoms with Crippen molar-refractivity contribution in [1.82, 2.24) is 24.7 Å². The zero-order valence-corrected chi connectivity index (χ0v) is 19.3. The number of nitrogens with zero attached hydrogens (tertiary/aromatic N) is 6. The van der Waals surface area contributed by atoms with Crippen molar-refractivity contribution in [3.8, 4) is 0 Å². The van der Waals surface area contributed by atoms with Crippen LogP contribution in [0.3, 0.4) is 0 Å². The summed E-state index contributed by atoms with van der Waals surface area (Å²) in [6, 6.07) is 6.57. The number of rotatable bonds is 4. The number of benzene rings is 1. The lowest BCUT2D eigenvalue weighted by molar-refractivity contribution is 0.374. The molecule has 9 heteroatoms. The third kappa shape index (κ3) is 3.91. The number of fused-ring (bicyclic) bond motifs is 3. The fraction of sp³-hybridized carbons (Fsp3) is 0.520. The molecule has 178 valence electrons. The monoisotopic (exact) mass is 465 g/mol. The Hall–Kier alpha value is -3.10. The van der Waals surface area contributed by atoms with Crippen molar-refractivity contribution >= 4 is 11.8 Å². The number of hydrogen-bond acceptors (Lipinski definition) is 6. The summed E-state index contributed by atoms with van der Waals surface area (Å²) in [7, 11) is 0. The van der Waals surface area contributed by atoms with Gasteiger partial charge in [0.15, 0.2) is 11.6 Å². The van der Waals surface area contributed by atoms with Crippen LogP contribution in [0.15, 0.2) is 30.6 Å². The van der Waals surface area contributed by atoms with Gasteiger partial charge in [-0.15, -0.1) is 5.10 Å². The molecule has 1 aromatic carbocycles. The molecule has 2 unspecified atom stereocenters. The van der Waals surface area contributed by atoms with Crippen molar-refractivity contribution in [3.05, 3.63) is 59.3 Å². The van der Waals surface area contributed by atoms with E-state index in [1.807, 2.05) is 11.6 Å². The minimum absolute atomic E-state index is 0.0831. The molecule has 1 N–H and O–H groups in total. The molecule has 4 heterocycles. The Kier molecular flexibility index (Phi) is 5.42. The van der Waals surface area contributed by atoms with Gasteiger partial charge in [0.05, 0.1) is 0 Å². The number of piperidine rings is 1. The topological polar surface area (TPSA) is 71.8 Å². The first-order valence-electron chi connectivity index (χ1n) is 12.2. The quantitative estimate of drug-likeness (QED) is 0.620. The van der Waals surface area contributed by atoms with Crippen LogP contribution in [0.1, 0.15) is 55.1 Å². The molecule has 0 amide bonds. The average Bonchev–Trinajstić information content (AvgIpc) is 3.23. The Morgan fingerprint density at radius 1 is 0.971 bits per heavy atom. The number of halogens is 2. The lowest BCUT2D eigenvalue weighted by Gasteiger charge is -2.38. The molecule has 34 heavy (non-hydrogen) atoms. The van der Waals surface area contributed by atoms with Gasteiger partial charge in [0.25, 0.3) is 0 Å². The molecule has 2 aliphatic heterocycles. The molecule has 2 aromatic heterocycles. The van der Waals surface area contributed by atoms with Crippen LogP contribution < -0.4 is 10.2 Å². The van der Waals surface area contributed by atoms with Crippen LogP contribution in [0.25, 0.3) is 0 Å². The van der Waals surface area contributed by atoms with Crippen LogP contribution in [-0.2, 0) is 6.54 Å². The second-order valence-electron chi connectivity index (χ2n) is 9.93. The van der Waals surface area contributed by atoms with Crippen LogP contribution in [0.4, 0.5) is 20.5 Å². The molecule has 1 saturated carbocycles. The summed E-state index contributed by atoms with van der Waals surface area (Å²) in [5, 5.41) is 8.46. The summed E-state index contributed by atoms with van der Waals surface area (Å²) in [6.45, 7) is 4.70. The number of aryl methyl sites for hydroxylation is 2. The highest BCUT2D eigenvalue weighted by Gasteiger charge is 2.43. The SMILES string of the molecule is Cc1cc(N2CC3CC[C@@H](C2)[C@@H]3Nc2nc3n(n2)CCCCC3c2ccc(F)c(F)c2)ncn1. The molecule has 3 aliphatic rings. The molecule has 0 spiro atoms. The maximum atomic E-state index is 14.0. The van der Waals surface area contributed by atoms with Gasteiger partial charge in [-0.05, 0) is 62.1 Å². The van der Waals surface area contributed by atoms with E-state index in [0.717, 1.165) is 61.8 Å². The molecule has 3 aromatic rings. The van der Waals surface area contributed by atoms with Crippen LogP contribution in [0.5, 0.6) is 0 Å². The highest BCUT2D eigenvalue weighted by Crippen LogP contribution is 2.40. The molecule has 2 fully saturated rings. The first-order chi connectivity index (χ1) is 16.5. The Bertz CT molecular complexity index is 1180. The first kappa shape index (κ1) is 21.4. The van der Waals surface area contributed by atoms with Crippen LogP contribution >= 0.6 is 0 Å². The van der Waals surface area contributed by atoms with Crippen molar-refractivity contribution in [2.45, 2.75) is 57.5 Å². The van der Waals surface area contributed by atoms with E-state index in [1.54, 1.807) is 12.4 Å². The fourth-order valence-electron chi connectivity index (χ4n) is 6.03. The number of aromatic nitrogens is 5. The van der Waals surface area contributed by atoms with Crippen molar-refractivity contribution in [2.24, 2.45) is 11.8 Å². The summed E-state index contributed by atoms with van der Waals surface area (Å²) < 4.78 is 29.4. The molecular weight excluding hydrogens is 436 g/mol. The summed E-state index contributed by atoms with van der Waals surface area (Å²) in [4.78, 5) is 16.0. The standard InChI is InChI=1S/C25H29F2N7/c1-15-10-22(29-14-28-15)33-12-17-5-6-18(13-33)23(17)30-25-31-24-19(4-2-3-9-34(24)32-25)16-7-8-20(26)21(27)11-16/h7-8,10-11,14,17-19,23H,2-6,9,12-13H2,1H3,(H,30,32)/t17-,18?,19?,23-/m0/s1. The summed E-state index contributed by atoms with van der Waals surface area (Å²) in [6.07, 6.45) is 6.84. The Balaban J connectivity index is 1.22. The lowest BCUT2D eigenvalue weighted by atomic mass is 9.92. The van der Waals surface area contributed by atoms with E-state index in [4.69, 9.17) is 10.1 Å². The van der Waals surface area contributed by atoms with Crippen LogP contribution in [0, 0.1) is 30.4 Å². The number of nitrogens with one attached hydrogen (secondary N) is 1. The van der Waals surface area contributed by atoms with Gasteiger partial charge in [0.1, 0.15) is 18.0 Å². The molecule has 1 aliphatic carbocycles. The predicted molar refractivity (Wildman–Crippen MR) is 125 cm³/mol. The minimum Gasteiger partial charge on any atom is -0.356 e. The highest BCUT2D eigenvalue weighted by atomic mass is 19.2. The van der Waals surface area contributed by atoms with E-state index < -0.39 is 11.6 Å². The first-order valence-corrected chi connectivity index (χ1v) is 12.2. The molecule has 2 bridgehead atoms. The van der Waals surface area contributed by atoms with Gasteiger partial charge in [-0.25, -0.2) is 23.4 Å². The second kappa shape index (κ2) is 8.60. The van der Waals surface area contributed by atoms with Gasteiger partial charge in [-0.3, -0.25) is 0 Å². The van der Waals surface area contributed by atoms with Crippen LogP contribution in [-0.4, -0.2) is 43.9 Å². The van der Waals surface area contributed by atoms with Crippen molar-refractivity contribution in [2.75, 3.05) is 23.3 Å². The molecule has 6 rings (SSSR count). The molecule has 7 nitrogen and oxygen atoms in total. The van der Waals surface area contributed by atoms with Crippen molar-refractivity contribution in [3.63, 3.8) is 0 Å². The van der Waals surface area contributed by atoms with Crippen molar-refractivity contribution in [1.29, 1.82) is 0 Å². The van der Waals surface area contributed by atoms with Gasteiger partial charge in [0, 0.05) is 43.4 Å². The summed E-state index contributed by atoms with van der Waals surface area (Å²) in [5.74, 6) is 1.78. The van der Waals surface area contributed by atoms with E-state index in [9.17, 15) is 8.78 Å². The second-order valence-corrected chi connectivity index (χ2v) is 9.93. The largest absolute Gasteiger partial charge is 0.356 e. The Morgan fingerprint density at radius 2 is 1.79 bits per heavy atom. The van der Waals surface area contributed by atoms with Gasteiger partial charge in [0.2, 0.25) is 5.95 Å². The van der Waals surface area contributed by atoms with E-state index in [0.29, 0.717) is 23.8 Å². The highest BCUT2D eigenvalue weighted by molar-refractivity contribution is 5.42. The third-order valence-electron chi connectivity index (χ3n) is 7.71. The van der Waals surface area contributed by atoms with Gasteiger partial charge in [-0.1, -0.05) is 12.5 Å². The zero-order valence-electron chi connectivity index (χ0n) is 19.3. The lowest BCUT2D eigenvalue weighted by Crippen LogP contribution is -2.48. The molecular formula is C25H29F2N7. The molecule has 4 atom stereocenters. The van der Waals surface area contributed by atoms with E-state index in [1.165, 1.54) is 25.0 Å². The van der Waals surface area contributed by atoms with Crippen molar-refractivity contribution < 1.29 is 8.78 Å². The van der Waals surface area contributed by atoms with E-state index >= 15 is 0 Å². The number of anilines is 2. The van der Waals surface area contributed by atoms with Gasteiger partial charge < -0.3 is 10.2 Å². The number of hydrogen-bond donors (Lipinski definition) is 1. The minimum atomic E-state index is -0.819. The fourth-order valence-corrected chi connectivity index (χ4v) is 6.03. The third-order valence-corrected chi connectivity index (χ3v) is 7.71. The van der Waals surface area contributed by atoms with Crippen LogP contribution in [0.2, 0.25) is 0 Å². The predicted octanol–water partition coefficient (Wildman–Crippen LogP) is 4.30. The zero-order chi connectivity index (χ0) is 23.2. The molecule has 1 saturated heterocycles. The smallest absolute Gasteiger partial charge is 0.242 e. The van der Waals surface area contributed by atoms with E-state index in [-0.39, 0.29) is 5.92 Å². The van der Waals surface area contributed by atoms with Gasteiger partial charge >= 0.3 is 0 Å². The van der Waals surface area contributed by atoms with E-state index in [2.05, 4.69) is 26.3 Å². The Labute approximate surface area is 197 Å². The normalized spacial score (nSPS) is 26.3. The molecule has 0 radical (unpaired) electrons. The maximum Gasteiger partial charge on any atom is 0.242 e. The average molecular weight is 466 g/mol. The maximum absolute atomic E-state index is 14.0. The summed E-state index contributed by atoms with van der Waals surface area (Å²) in [5.41, 5.74) is 1.74. The summed E-state index contributed by atoms with van der Waals surface area (Å²) >= 11 is 0. The Morgan fingerprint density at radius 3 is 2.56 bits per heavy atom. The van der Waals surface area contributed by atoms with Gasteiger partial charge in [-0.2, -0.15) is 4.98 Å².